The Kier molecular flexibility index (Phi) is 3.60. The number of hydrogen-bond donors (Lipinski definition) is 0. The van der Waals surface area contributed by atoms with Crippen molar-refractivity contribution >= 4 is 52.2 Å². The van der Waals surface area contributed by atoms with Gasteiger partial charge >= 0.3 is 0 Å². The molecule has 7 heteroatoms. The van der Waals surface area contributed by atoms with Crippen molar-refractivity contribution in [2.45, 2.75) is 41.7 Å². The lowest BCUT2D eigenvalue weighted by Crippen LogP contribution is -2.54. The van der Waals surface area contributed by atoms with Crippen LogP contribution in [0.15, 0.2) is 0 Å². The predicted molar refractivity (Wildman–Crippen MR) is 76.4 cm³/mol. The highest BCUT2D eigenvalue weighted by molar-refractivity contribution is 8.08. The second-order valence-corrected chi connectivity index (χ2v) is 7.95. The van der Waals surface area contributed by atoms with Crippen molar-refractivity contribution in [2.75, 3.05) is 11.5 Å². The number of amides is 2. The van der Waals surface area contributed by atoms with E-state index in [2.05, 4.69) is 0 Å². The molecule has 104 valence electrons. The Morgan fingerprint density at radius 3 is 2.00 bits per heavy atom. The second-order valence-electron chi connectivity index (χ2n) is 5.11. The summed E-state index contributed by atoms with van der Waals surface area (Å²) in [6.07, 6.45) is 2.71. The molecule has 0 aromatic heterocycles. The molecule has 0 spiro atoms. The maximum absolute atomic E-state index is 12.5. The van der Waals surface area contributed by atoms with E-state index in [0.717, 1.165) is 24.3 Å². The lowest BCUT2D eigenvalue weighted by molar-refractivity contribution is -0.149. The lowest BCUT2D eigenvalue weighted by Gasteiger charge is -2.33. The SMILES string of the molecule is O=C1C2SCCSC2C(=O)N1C1(C(=O)Cl)CCCC1. The minimum Gasteiger partial charge on any atom is -0.279 e. The molecule has 2 aliphatic heterocycles. The first kappa shape index (κ1) is 13.8. The van der Waals surface area contributed by atoms with E-state index in [4.69, 9.17) is 11.6 Å². The van der Waals surface area contributed by atoms with Crippen LogP contribution in [0.4, 0.5) is 0 Å². The van der Waals surface area contributed by atoms with Crippen LogP contribution in [0, 0.1) is 0 Å². The topological polar surface area (TPSA) is 54.5 Å². The fourth-order valence-corrected chi connectivity index (χ4v) is 6.28. The Balaban J connectivity index is 1.97. The summed E-state index contributed by atoms with van der Waals surface area (Å²) in [5.74, 6) is 1.34. The molecule has 0 bridgehead atoms. The zero-order valence-electron chi connectivity index (χ0n) is 10.3. The zero-order valence-corrected chi connectivity index (χ0v) is 12.7. The molecular weight excluding hydrogens is 306 g/mol. The van der Waals surface area contributed by atoms with Gasteiger partial charge in [0.25, 0.3) is 0 Å². The molecule has 2 heterocycles. The van der Waals surface area contributed by atoms with Gasteiger partial charge in [-0.15, -0.1) is 23.5 Å². The second kappa shape index (κ2) is 4.97. The van der Waals surface area contributed by atoms with Crippen LogP contribution < -0.4 is 0 Å². The van der Waals surface area contributed by atoms with Gasteiger partial charge in [0.15, 0.2) is 0 Å². The molecule has 2 saturated heterocycles. The number of thioether (sulfide) groups is 2. The molecular formula is C12H14ClNO3S2. The number of halogens is 1. The maximum atomic E-state index is 12.5. The minimum atomic E-state index is -1.06. The van der Waals surface area contributed by atoms with Gasteiger partial charge in [0.2, 0.25) is 17.1 Å². The van der Waals surface area contributed by atoms with Gasteiger partial charge < -0.3 is 0 Å². The monoisotopic (exact) mass is 319 g/mol. The molecule has 4 nitrogen and oxygen atoms in total. The molecule has 2 amide bonds. The number of rotatable bonds is 2. The van der Waals surface area contributed by atoms with E-state index in [1.807, 2.05) is 0 Å². The number of nitrogens with zero attached hydrogens (tertiary/aromatic N) is 1. The molecule has 3 aliphatic rings. The van der Waals surface area contributed by atoms with Crippen molar-refractivity contribution in [1.82, 2.24) is 4.90 Å². The summed E-state index contributed by atoms with van der Waals surface area (Å²) in [5, 5.41) is -1.19. The Morgan fingerprint density at radius 2 is 1.58 bits per heavy atom. The first-order chi connectivity index (χ1) is 9.08. The van der Waals surface area contributed by atoms with Crippen molar-refractivity contribution in [3.05, 3.63) is 0 Å². The van der Waals surface area contributed by atoms with E-state index in [-0.39, 0.29) is 22.3 Å². The van der Waals surface area contributed by atoms with Gasteiger partial charge in [0.1, 0.15) is 16.0 Å². The summed E-state index contributed by atoms with van der Waals surface area (Å²) >= 11 is 8.81. The zero-order chi connectivity index (χ0) is 13.6. The smallest absolute Gasteiger partial charge is 0.247 e. The van der Waals surface area contributed by atoms with Gasteiger partial charge in [-0.05, 0) is 24.4 Å². The van der Waals surface area contributed by atoms with Crippen LogP contribution in [0.2, 0.25) is 0 Å². The van der Waals surface area contributed by atoms with Crippen molar-refractivity contribution < 1.29 is 14.4 Å². The number of carbonyl (C=O) groups excluding carboxylic acids is 3. The normalized spacial score (nSPS) is 33.6. The highest BCUT2D eigenvalue weighted by Gasteiger charge is 2.59. The van der Waals surface area contributed by atoms with Gasteiger partial charge in [0, 0.05) is 11.5 Å². The predicted octanol–water partition coefficient (Wildman–Crippen LogP) is 1.65. The number of carbonyl (C=O) groups is 3. The quantitative estimate of drug-likeness (QED) is 0.572. The van der Waals surface area contributed by atoms with Crippen LogP contribution in [0.1, 0.15) is 25.7 Å². The van der Waals surface area contributed by atoms with E-state index < -0.39 is 10.8 Å². The van der Waals surface area contributed by atoms with Crippen LogP contribution >= 0.6 is 35.1 Å². The molecule has 19 heavy (non-hydrogen) atoms. The van der Waals surface area contributed by atoms with Crippen LogP contribution in [0.3, 0.4) is 0 Å². The molecule has 0 aromatic rings. The third-order valence-corrected chi connectivity index (χ3v) is 7.43. The molecule has 0 N–H and O–H groups in total. The van der Waals surface area contributed by atoms with Crippen molar-refractivity contribution in [3.63, 3.8) is 0 Å². The van der Waals surface area contributed by atoms with E-state index in [1.54, 1.807) is 0 Å². The Labute approximate surface area is 125 Å². The third kappa shape index (κ3) is 1.94. The summed E-state index contributed by atoms with van der Waals surface area (Å²) in [7, 11) is 0. The van der Waals surface area contributed by atoms with Crippen LogP contribution in [-0.2, 0) is 14.4 Å². The van der Waals surface area contributed by atoms with Crippen LogP contribution in [0.5, 0.6) is 0 Å². The van der Waals surface area contributed by atoms with E-state index in [0.29, 0.717) is 12.8 Å². The average Bonchev–Trinajstić information content (AvgIpc) is 2.97. The van der Waals surface area contributed by atoms with Crippen molar-refractivity contribution in [2.24, 2.45) is 0 Å². The fraction of sp³-hybridized carbons (Fsp3) is 0.750. The van der Waals surface area contributed by atoms with Gasteiger partial charge in [-0.1, -0.05) is 12.8 Å². The number of fused-ring (bicyclic) bond motifs is 1. The molecule has 0 radical (unpaired) electrons. The summed E-state index contributed by atoms with van der Waals surface area (Å²) < 4.78 is 0. The average molecular weight is 320 g/mol. The lowest BCUT2D eigenvalue weighted by atomic mass is 9.97. The van der Waals surface area contributed by atoms with E-state index in [9.17, 15) is 14.4 Å². The fourth-order valence-electron chi connectivity index (χ4n) is 3.18. The van der Waals surface area contributed by atoms with Gasteiger partial charge in [-0.3, -0.25) is 19.3 Å². The Hall–Kier alpha value is -0.200. The molecule has 3 rings (SSSR count). The van der Waals surface area contributed by atoms with E-state index in [1.165, 1.54) is 28.4 Å². The van der Waals surface area contributed by atoms with E-state index >= 15 is 0 Å². The first-order valence-electron chi connectivity index (χ1n) is 6.39. The standard InChI is InChI=1S/C12H14ClNO3S2/c13-11(17)12(3-1-2-4-12)14-9(15)7-8(10(14)16)19-6-5-18-7/h7-8H,1-6H2. The Bertz CT molecular complexity index is 426. The largest absolute Gasteiger partial charge is 0.279 e. The number of hydrogen-bond acceptors (Lipinski definition) is 5. The summed E-state index contributed by atoms with van der Waals surface area (Å²) in [5.41, 5.74) is -1.06. The van der Waals surface area contributed by atoms with Gasteiger partial charge in [-0.2, -0.15) is 0 Å². The molecule has 0 aromatic carbocycles. The van der Waals surface area contributed by atoms with Crippen LogP contribution in [-0.4, -0.2) is 49.5 Å². The summed E-state index contributed by atoms with van der Waals surface area (Å²) in [4.78, 5) is 38.1. The summed E-state index contributed by atoms with van der Waals surface area (Å²) in [6.45, 7) is 0. The minimum absolute atomic E-state index is 0.205. The molecule has 3 fully saturated rings. The van der Waals surface area contributed by atoms with Crippen molar-refractivity contribution in [1.29, 1.82) is 0 Å². The number of imide groups is 1. The van der Waals surface area contributed by atoms with Gasteiger partial charge in [-0.25, -0.2) is 0 Å². The molecule has 1 saturated carbocycles. The maximum Gasteiger partial charge on any atom is 0.247 e. The third-order valence-electron chi connectivity index (χ3n) is 4.11. The number of likely N-dealkylation sites (tertiary alicyclic amines) is 1. The first-order valence-corrected chi connectivity index (χ1v) is 8.86. The van der Waals surface area contributed by atoms with Crippen LogP contribution in [0.25, 0.3) is 0 Å². The summed E-state index contributed by atoms with van der Waals surface area (Å²) in [6, 6.07) is 0. The van der Waals surface area contributed by atoms with Gasteiger partial charge in [0.05, 0.1) is 0 Å². The highest BCUT2D eigenvalue weighted by Crippen LogP contribution is 2.46. The molecule has 2 unspecified atom stereocenters. The molecule has 1 aliphatic carbocycles. The highest BCUT2D eigenvalue weighted by atomic mass is 35.5. The van der Waals surface area contributed by atoms with Crippen molar-refractivity contribution in [3.8, 4) is 0 Å². The molecule has 2 atom stereocenters. The Morgan fingerprint density at radius 1 is 1.11 bits per heavy atom.